The average molecular weight is 299 g/mol. The van der Waals surface area contributed by atoms with Gasteiger partial charge in [0.25, 0.3) is 0 Å². The van der Waals surface area contributed by atoms with Crippen LogP contribution < -0.4 is 5.32 Å². The molecule has 0 amide bonds. The fourth-order valence-corrected chi connectivity index (χ4v) is 2.32. The number of alkyl halides is 3. The molecular weight excluding hydrogens is 279 g/mol. The predicted molar refractivity (Wildman–Crippen MR) is 77.1 cm³/mol. The SMILES string of the molecule is CCNC(=NCc1ccc(C(F)(F)F)cc1)N1CCCC1. The Morgan fingerprint density at radius 2 is 1.81 bits per heavy atom. The van der Waals surface area contributed by atoms with Crippen LogP contribution in [0.5, 0.6) is 0 Å². The van der Waals surface area contributed by atoms with Gasteiger partial charge < -0.3 is 10.2 Å². The zero-order valence-electron chi connectivity index (χ0n) is 12.1. The van der Waals surface area contributed by atoms with Crippen molar-refractivity contribution in [1.29, 1.82) is 0 Å². The van der Waals surface area contributed by atoms with Gasteiger partial charge in [0.05, 0.1) is 12.1 Å². The normalized spacial score (nSPS) is 16.4. The molecule has 1 saturated heterocycles. The molecule has 0 atom stereocenters. The Hall–Kier alpha value is -1.72. The van der Waals surface area contributed by atoms with E-state index in [0.717, 1.165) is 56.1 Å². The van der Waals surface area contributed by atoms with Crippen LogP contribution in [0.4, 0.5) is 13.2 Å². The minimum atomic E-state index is -4.29. The van der Waals surface area contributed by atoms with E-state index in [4.69, 9.17) is 0 Å². The van der Waals surface area contributed by atoms with E-state index in [1.165, 1.54) is 12.1 Å². The lowest BCUT2D eigenvalue weighted by Gasteiger charge is -2.20. The minimum Gasteiger partial charge on any atom is -0.357 e. The number of likely N-dealkylation sites (tertiary alicyclic amines) is 1. The van der Waals surface area contributed by atoms with E-state index in [1.807, 2.05) is 6.92 Å². The molecule has 0 bridgehead atoms. The van der Waals surface area contributed by atoms with Crippen molar-refractivity contribution in [2.75, 3.05) is 19.6 Å². The lowest BCUT2D eigenvalue weighted by atomic mass is 10.1. The van der Waals surface area contributed by atoms with E-state index in [2.05, 4.69) is 15.2 Å². The average Bonchev–Trinajstić information content (AvgIpc) is 2.97. The van der Waals surface area contributed by atoms with E-state index in [-0.39, 0.29) is 0 Å². The van der Waals surface area contributed by atoms with E-state index < -0.39 is 11.7 Å². The zero-order valence-corrected chi connectivity index (χ0v) is 12.1. The summed E-state index contributed by atoms with van der Waals surface area (Å²) in [4.78, 5) is 6.70. The summed E-state index contributed by atoms with van der Waals surface area (Å²) in [6.07, 6.45) is -1.97. The van der Waals surface area contributed by atoms with Gasteiger partial charge in [-0.1, -0.05) is 12.1 Å². The highest BCUT2D eigenvalue weighted by Crippen LogP contribution is 2.29. The van der Waals surface area contributed by atoms with Crippen LogP contribution >= 0.6 is 0 Å². The van der Waals surface area contributed by atoms with Crippen LogP contribution in [-0.2, 0) is 12.7 Å². The van der Waals surface area contributed by atoms with Crippen LogP contribution in [-0.4, -0.2) is 30.5 Å². The second-order valence-corrected chi connectivity index (χ2v) is 5.06. The second kappa shape index (κ2) is 6.83. The summed E-state index contributed by atoms with van der Waals surface area (Å²) in [6.45, 7) is 5.14. The molecule has 1 heterocycles. The number of nitrogens with one attached hydrogen (secondary N) is 1. The third-order valence-electron chi connectivity index (χ3n) is 3.43. The maximum absolute atomic E-state index is 12.5. The molecule has 2 rings (SSSR count). The minimum absolute atomic E-state index is 0.386. The van der Waals surface area contributed by atoms with Gasteiger partial charge in [-0.2, -0.15) is 13.2 Å². The number of rotatable bonds is 3. The highest BCUT2D eigenvalue weighted by atomic mass is 19.4. The lowest BCUT2D eigenvalue weighted by Crippen LogP contribution is -2.39. The predicted octanol–water partition coefficient (Wildman–Crippen LogP) is 3.27. The first-order valence-electron chi connectivity index (χ1n) is 7.20. The monoisotopic (exact) mass is 299 g/mol. The largest absolute Gasteiger partial charge is 0.416 e. The number of halogens is 3. The van der Waals surface area contributed by atoms with Gasteiger partial charge in [-0.25, -0.2) is 4.99 Å². The molecule has 1 fully saturated rings. The van der Waals surface area contributed by atoms with Crippen molar-refractivity contribution in [2.24, 2.45) is 4.99 Å². The van der Waals surface area contributed by atoms with Gasteiger partial charge in [-0.3, -0.25) is 0 Å². The van der Waals surface area contributed by atoms with Crippen molar-refractivity contribution < 1.29 is 13.2 Å². The molecule has 0 spiro atoms. The van der Waals surface area contributed by atoms with Gasteiger partial charge in [0.1, 0.15) is 0 Å². The van der Waals surface area contributed by atoms with Crippen molar-refractivity contribution in [2.45, 2.75) is 32.5 Å². The lowest BCUT2D eigenvalue weighted by molar-refractivity contribution is -0.137. The van der Waals surface area contributed by atoms with Crippen LogP contribution in [0.1, 0.15) is 30.9 Å². The van der Waals surface area contributed by atoms with Gasteiger partial charge in [0.2, 0.25) is 0 Å². The standard InChI is InChI=1S/C15H20F3N3/c1-2-19-14(21-9-3-4-10-21)20-11-12-5-7-13(8-6-12)15(16,17)18/h5-8H,2-4,9-11H2,1H3,(H,19,20). The molecule has 0 aliphatic carbocycles. The van der Waals surface area contributed by atoms with Crippen LogP contribution in [0.3, 0.4) is 0 Å². The van der Waals surface area contributed by atoms with Gasteiger partial charge in [0.15, 0.2) is 5.96 Å². The molecule has 3 nitrogen and oxygen atoms in total. The van der Waals surface area contributed by atoms with Crippen molar-refractivity contribution in [3.63, 3.8) is 0 Å². The van der Waals surface area contributed by atoms with Crippen LogP contribution in [0, 0.1) is 0 Å². The summed E-state index contributed by atoms with van der Waals surface area (Å²) in [6, 6.07) is 5.18. The molecule has 0 aromatic heterocycles. The number of hydrogen-bond acceptors (Lipinski definition) is 1. The molecule has 1 N–H and O–H groups in total. The molecule has 1 aromatic carbocycles. The van der Waals surface area contributed by atoms with Gasteiger partial charge in [-0.15, -0.1) is 0 Å². The Bertz CT molecular complexity index is 474. The number of aliphatic imine (C=N–C) groups is 1. The van der Waals surface area contributed by atoms with Crippen LogP contribution in [0.15, 0.2) is 29.3 Å². The van der Waals surface area contributed by atoms with E-state index in [9.17, 15) is 13.2 Å². The fourth-order valence-electron chi connectivity index (χ4n) is 2.32. The summed E-state index contributed by atoms with van der Waals surface area (Å²) in [5.74, 6) is 0.842. The maximum Gasteiger partial charge on any atom is 0.416 e. The van der Waals surface area contributed by atoms with Crippen molar-refractivity contribution in [3.8, 4) is 0 Å². The number of guanidine groups is 1. The Balaban J connectivity index is 2.03. The fraction of sp³-hybridized carbons (Fsp3) is 0.533. The summed E-state index contributed by atoms with van der Waals surface area (Å²) in [5, 5.41) is 3.23. The molecule has 0 radical (unpaired) electrons. The maximum atomic E-state index is 12.5. The van der Waals surface area contributed by atoms with Crippen molar-refractivity contribution in [3.05, 3.63) is 35.4 Å². The van der Waals surface area contributed by atoms with E-state index in [1.54, 1.807) is 0 Å². The zero-order chi connectivity index (χ0) is 15.3. The molecule has 116 valence electrons. The quantitative estimate of drug-likeness (QED) is 0.685. The highest BCUT2D eigenvalue weighted by Gasteiger charge is 2.29. The Labute approximate surface area is 122 Å². The van der Waals surface area contributed by atoms with Crippen LogP contribution in [0.25, 0.3) is 0 Å². The molecule has 1 aliphatic rings. The first kappa shape index (κ1) is 15.7. The Kier molecular flexibility index (Phi) is 5.09. The van der Waals surface area contributed by atoms with Gasteiger partial charge in [-0.05, 0) is 37.5 Å². The summed E-state index contributed by atoms with van der Waals surface area (Å²) in [7, 11) is 0. The molecule has 21 heavy (non-hydrogen) atoms. The summed E-state index contributed by atoms with van der Waals surface area (Å²) >= 11 is 0. The molecule has 0 unspecified atom stereocenters. The number of hydrogen-bond donors (Lipinski definition) is 1. The van der Waals surface area contributed by atoms with E-state index in [0.29, 0.717) is 6.54 Å². The first-order valence-corrected chi connectivity index (χ1v) is 7.20. The molecular formula is C15H20F3N3. The number of benzene rings is 1. The second-order valence-electron chi connectivity index (χ2n) is 5.06. The summed E-state index contributed by atoms with van der Waals surface area (Å²) in [5.41, 5.74) is 0.152. The van der Waals surface area contributed by atoms with Gasteiger partial charge in [0, 0.05) is 19.6 Å². The van der Waals surface area contributed by atoms with Gasteiger partial charge >= 0.3 is 6.18 Å². The third kappa shape index (κ3) is 4.37. The molecule has 1 aliphatic heterocycles. The first-order chi connectivity index (χ1) is 10.0. The number of nitrogens with zero attached hydrogens (tertiary/aromatic N) is 2. The van der Waals surface area contributed by atoms with Crippen LogP contribution in [0.2, 0.25) is 0 Å². The van der Waals surface area contributed by atoms with Crippen molar-refractivity contribution >= 4 is 5.96 Å². The topological polar surface area (TPSA) is 27.6 Å². The smallest absolute Gasteiger partial charge is 0.357 e. The summed E-state index contributed by atoms with van der Waals surface area (Å²) < 4.78 is 37.5. The Morgan fingerprint density at radius 3 is 2.33 bits per heavy atom. The molecule has 0 saturated carbocycles. The molecule has 6 heteroatoms. The van der Waals surface area contributed by atoms with E-state index >= 15 is 0 Å². The Morgan fingerprint density at radius 1 is 1.19 bits per heavy atom. The van der Waals surface area contributed by atoms with Crippen molar-refractivity contribution in [1.82, 2.24) is 10.2 Å². The highest BCUT2D eigenvalue weighted by molar-refractivity contribution is 5.80. The third-order valence-corrected chi connectivity index (χ3v) is 3.43. The molecule has 1 aromatic rings.